The highest BCUT2D eigenvalue weighted by Gasteiger charge is 2.33. The van der Waals surface area contributed by atoms with Crippen LogP contribution in [0.2, 0.25) is 10.0 Å². The molecule has 0 fully saturated rings. The number of carbonyl (C=O) groups is 2. The number of hydrogen-bond donors (Lipinski definition) is 1. The van der Waals surface area contributed by atoms with E-state index in [1.54, 1.807) is 25.1 Å². The van der Waals surface area contributed by atoms with E-state index in [2.05, 4.69) is 5.32 Å². The van der Waals surface area contributed by atoms with Gasteiger partial charge in [0.25, 0.3) is 10.0 Å². The quantitative estimate of drug-likeness (QED) is 0.248. The Kier molecular flexibility index (Phi) is 11.4. The van der Waals surface area contributed by atoms with Crippen molar-refractivity contribution in [3.63, 3.8) is 0 Å². The van der Waals surface area contributed by atoms with Gasteiger partial charge in [-0.05, 0) is 74.0 Å². The molecule has 3 rings (SSSR count). The van der Waals surface area contributed by atoms with Crippen LogP contribution in [0.1, 0.15) is 32.3 Å². The maximum atomic E-state index is 13.9. The molecule has 0 heterocycles. The van der Waals surface area contributed by atoms with Crippen LogP contribution < -0.4 is 14.4 Å². The Labute approximate surface area is 250 Å². The Hall–Kier alpha value is -3.34. The molecule has 0 radical (unpaired) electrons. The molecule has 0 saturated carbocycles. The monoisotopic (exact) mass is 623 g/mol. The Balaban J connectivity index is 2.03. The van der Waals surface area contributed by atoms with Gasteiger partial charge in [-0.2, -0.15) is 0 Å². The first-order chi connectivity index (χ1) is 19.5. The van der Waals surface area contributed by atoms with Crippen LogP contribution in [0.15, 0.2) is 71.6 Å². The topological polar surface area (TPSA) is 96.0 Å². The summed E-state index contributed by atoms with van der Waals surface area (Å²) in [5.41, 5.74) is 0.468. The Morgan fingerprint density at radius 2 is 1.61 bits per heavy atom. The molecule has 1 atom stereocenters. The van der Waals surface area contributed by atoms with E-state index < -0.39 is 40.2 Å². The molecule has 41 heavy (non-hydrogen) atoms. The average molecular weight is 625 g/mol. The number of nitrogens with zero attached hydrogens (tertiary/aromatic N) is 2. The smallest absolute Gasteiger partial charge is 0.264 e. The number of ether oxygens (including phenoxy) is 1. The summed E-state index contributed by atoms with van der Waals surface area (Å²) in [4.78, 5) is 28.1. The van der Waals surface area contributed by atoms with Crippen LogP contribution in [-0.2, 0) is 26.2 Å². The van der Waals surface area contributed by atoms with Crippen LogP contribution >= 0.6 is 23.2 Å². The third-order valence-corrected chi connectivity index (χ3v) is 8.92. The number of methoxy groups -OCH3 is 1. The van der Waals surface area contributed by atoms with Crippen LogP contribution in [0.25, 0.3) is 0 Å². The van der Waals surface area contributed by atoms with Crippen molar-refractivity contribution in [2.24, 2.45) is 0 Å². The molecule has 0 aromatic heterocycles. The molecule has 2 amide bonds. The van der Waals surface area contributed by atoms with Crippen molar-refractivity contribution < 1.29 is 27.1 Å². The van der Waals surface area contributed by atoms with E-state index in [4.69, 9.17) is 27.9 Å². The van der Waals surface area contributed by atoms with E-state index >= 15 is 0 Å². The molecule has 220 valence electrons. The molecular weight excluding hydrogens is 592 g/mol. The zero-order chi connectivity index (χ0) is 30.2. The maximum Gasteiger partial charge on any atom is 0.264 e. The number of sulfonamides is 1. The molecule has 0 saturated heterocycles. The molecule has 12 heteroatoms. The minimum Gasteiger partial charge on any atom is -0.497 e. The molecule has 0 aliphatic heterocycles. The molecule has 0 bridgehead atoms. The first kappa shape index (κ1) is 32.2. The van der Waals surface area contributed by atoms with E-state index in [1.807, 2.05) is 6.92 Å². The fourth-order valence-corrected chi connectivity index (χ4v) is 5.91. The van der Waals surface area contributed by atoms with Gasteiger partial charge in [-0.25, -0.2) is 12.8 Å². The van der Waals surface area contributed by atoms with Gasteiger partial charge in [-0.1, -0.05) is 42.6 Å². The summed E-state index contributed by atoms with van der Waals surface area (Å²) in [5, 5.41) is 3.38. The van der Waals surface area contributed by atoms with Crippen LogP contribution in [0.3, 0.4) is 0 Å². The first-order valence-corrected chi connectivity index (χ1v) is 15.1. The summed E-state index contributed by atoms with van der Waals surface area (Å²) in [6.45, 7) is 3.11. The third kappa shape index (κ3) is 8.12. The summed E-state index contributed by atoms with van der Waals surface area (Å²) < 4.78 is 47.4. The van der Waals surface area contributed by atoms with Crippen LogP contribution in [0.4, 0.5) is 10.1 Å². The molecule has 8 nitrogen and oxygen atoms in total. The molecule has 0 aliphatic carbocycles. The van der Waals surface area contributed by atoms with Gasteiger partial charge in [-0.3, -0.25) is 13.9 Å². The van der Waals surface area contributed by atoms with Crippen LogP contribution in [-0.4, -0.2) is 51.4 Å². The number of benzene rings is 3. The second-order valence-electron chi connectivity index (χ2n) is 9.21. The van der Waals surface area contributed by atoms with Crippen molar-refractivity contribution in [2.75, 3.05) is 24.5 Å². The number of carbonyl (C=O) groups excluding carboxylic acids is 2. The number of anilines is 1. The SMILES string of the molecule is CCCCNC(=O)[C@@H](C)N(Cc1c(Cl)cccc1Cl)C(=O)CN(c1ccc(F)cc1)S(=O)(=O)c1ccc(OC)cc1. The Morgan fingerprint density at radius 1 is 1.00 bits per heavy atom. The second-order valence-corrected chi connectivity index (χ2v) is 11.9. The molecule has 3 aromatic rings. The molecule has 3 aromatic carbocycles. The average Bonchev–Trinajstić information content (AvgIpc) is 2.96. The van der Waals surface area contributed by atoms with Crippen molar-refractivity contribution in [1.29, 1.82) is 0 Å². The van der Waals surface area contributed by atoms with Gasteiger partial charge in [0, 0.05) is 28.7 Å². The van der Waals surface area contributed by atoms with Gasteiger partial charge in [0.2, 0.25) is 11.8 Å². The van der Waals surface area contributed by atoms with Gasteiger partial charge in [0.15, 0.2) is 0 Å². The molecule has 0 spiro atoms. The lowest BCUT2D eigenvalue weighted by atomic mass is 10.1. The number of amides is 2. The summed E-state index contributed by atoms with van der Waals surface area (Å²) in [5.74, 6) is -1.24. The summed E-state index contributed by atoms with van der Waals surface area (Å²) in [6, 6.07) is 14.2. The van der Waals surface area contributed by atoms with Crippen molar-refractivity contribution in [3.8, 4) is 5.75 Å². The zero-order valence-corrected chi connectivity index (χ0v) is 25.3. The fraction of sp³-hybridized carbons (Fsp3) is 0.310. The normalized spacial score (nSPS) is 12.0. The number of nitrogens with one attached hydrogen (secondary N) is 1. The second kappa shape index (κ2) is 14.5. The highest BCUT2D eigenvalue weighted by Crippen LogP contribution is 2.29. The Bertz CT molecular complexity index is 1430. The lowest BCUT2D eigenvalue weighted by molar-refractivity contribution is -0.139. The van der Waals surface area contributed by atoms with Gasteiger partial charge in [0.1, 0.15) is 24.2 Å². The highest BCUT2D eigenvalue weighted by molar-refractivity contribution is 7.92. The third-order valence-electron chi connectivity index (χ3n) is 6.43. The molecule has 0 aliphatic rings. The first-order valence-electron chi connectivity index (χ1n) is 12.9. The lowest BCUT2D eigenvalue weighted by Gasteiger charge is -2.32. The highest BCUT2D eigenvalue weighted by atomic mass is 35.5. The molecular formula is C29H32Cl2FN3O5S. The number of halogens is 3. The minimum absolute atomic E-state index is 0.0614. The zero-order valence-electron chi connectivity index (χ0n) is 22.9. The van der Waals surface area contributed by atoms with E-state index in [1.165, 1.54) is 48.4 Å². The number of hydrogen-bond acceptors (Lipinski definition) is 5. The van der Waals surface area contributed by atoms with Gasteiger partial charge in [0.05, 0.1) is 17.7 Å². The predicted molar refractivity (Wildman–Crippen MR) is 158 cm³/mol. The summed E-state index contributed by atoms with van der Waals surface area (Å²) >= 11 is 12.8. The number of unbranched alkanes of at least 4 members (excludes halogenated alkanes) is 1. The van der Waals surface area contributed by atoms with E-state index in [9.17, 15) is 22.4 Å². The van der Waals surface area contributed by atoms with Crippen molar-refractivity contribution in [1.82, 2.24) is 10.2 Å². The van der Waals surface area contributed by atoms with Gasteiger partial charge < -0.3 is 15.0 Å². The molecule has 0 unspecified atom stereocenters. The summed E-state index contributed by atoms with van der Waals surface area (Å²) in [7, 11) is -2.87. The predicted octanol–water partition coefficient (Wildman–Crippen LogP) is 5.67. The number of rotatable bonds is 13. The van der Waals surface area contributed by atoms with E-state index in [-0.39, 0.29) is 27.2 Å². The van der Waals surface area contributed by atoms with Crippen LogP contribution in [0.5, 0.6) is 5.75 Å². The summed E-state index contributed by atoms with van der Waals surface area (Å²) in [6.07, 6.45) is 1.61. The van der Waals surface area contributed by atoms with Gasteiger partial charge >= 0.3 is 0 Å². The maximum absolute atomic E-state index is 13.9. The van der Waals surface area contributed by atoms with Crippen LogP contribution in [0, 0.1) is 5.82 Å². The van der Waals surface area contributed by atoms with E-state index in [0.29, 0.717) is 17.9 Å². The van der Waals surface area contributed by atoms with E-state index in [0.717, 1.165) is 29.3 Å². The van der Waals surface area contributed by atoms with Crippen molar-refractivity contribution in [2.45, 2.75) is 44.2 Å². The fourth-order valence-electron chi connectivity index (χ4n) is 3.98. The van der Waals surface area contributed by atoms with Crippen molar-refractivity contribution >= 4 is 50.7 Å². The minimum atomic E-state index is -4.32. The van der Waals surface area contributed by atoms with Crippen molar-refractivity contribution in [3.05, 3.63) is 88.2 Å². The largest absolute Gasteiger partial charge is 0.497 e. The Morgan fingerprint density at radius 3 is 2.17 bits per heavy atom. The standard InChI is InChI=1S/C29H32Cl2FN3O5S/c1-4-5-17-33-29(37)20(2)34(18-25-26(30)7-6-8-27(25)31)28(36)19-35(22-11-9-21(32)10-12-22)41(38,39)24-15-13-23(40-3)14-16-24/h6-16,20H,4-5,17-19H2,1-3H3,(H,33,37)/t20-/m1/s1. The molecule has 1 N–H and O–H groups in total. The lowest BCUT2D eigenvalue weighted by Crippen LogP contribution is -2.51. The van der Waals surface area contributed by atoms with Gasteiger partial charge in [-0.15, -0.1) is 0 Å².